The van der Waals surface area contributed by atoms with E-state index in [1.54, 1.807) is 34.6 Å². The molecule has 3 aliphatic heterocycles. The van der Waals surface area contributed by atoms with Gasteiger partial charge in [0.1, 0.15) is 0 Å². The second kappa shape index (κ2) is 30.1. The predicted molar refractivity (Wildman–Crippen MR) is 265 cm³/mol. The normalized spacial score (nSPS) is 28.0. The van der Waals surface area contributed by atoms with Gasteiger partial charge < -0.3 is 52.5 Å². The summed E-state index contributed by atoms with van der Waals surface area (Å²) in [4.78, 5) is 69.8. The maximum atomic E-state index is 12.8. The number of ether oxygens (including phenoxy) is 10. The summed E-state index contributed by atoms with van der Waals surface area (Å²) in [6.07, 6.45) is -3.36. The highest BCUT2D eigenvalue weighted by atomic mass is 16.8. The first kappa shape index (κ1) is 64.9. The van der Waals surface area contributed by atoms with E-state index in [9.17, 15) is 28.8 Å². The Hall–Kier alpha value is -4.16. The van der Waals surface area contributed by atoms with Gasteiger partial charge in [-0.3, -0.25) is 28.8 Å². The minimum Gasteiger partial charge on any atom is -0.481 e. The van der Waals surface area contributed by atoms with Crippen molar-refractivity contribution in [3.8, 4) is 0 Å². The molecule has 13 unspecified atom stereocenters. The molecule has 1 aromatic rings. The first-order chi connectivity index (χ1) is 32.9. The molecule has 3 saturated heterocycles. The average molecular weight is 1010 g/mol. The number of hydrogen-bond donors (Lipinski definition) is 1. The first-order valence-electron chi connectivity index (χ1n) is 25.2. The number of carboxylic acids is 1. The van der Waals surface area contributed by atoms with Crippen molar-refractivity contribution in [3.05, 3.63) is 35.9 Å². The Balaban J connectivity index is 0.000000748. The van der Waals surface area contributed by atoms with Crippen LogP contribution in [0.4, 0.5) is 0 Å². The fourth-order valence-electron chi connectivity index (χ4n) is 6.92. The first-order valence-corrected chi connectivity index (χ1v) is 25.2. The van der Waals surface area contributed by atoms with Crippen LogP contribution >= 0.6 is 0 Å². The summed E-state index contributed by atoms with van der Waals surface area (Å²) in [5.41, 5.74) is -0.154. The Morgan fingerprint density at radius 2 is 0.958 bits per heavy atom. The van der Waals surface area contributed by atoms with E-state index in [4.69, 9.17) is 47.7 Å². The van der Waals surface area contributed by atoms with E-state index < -0.39 is 102 Å². The topological polar surface area (TPSA) is 215 Å². The van der Waals surface area contributed by atoms with Crippen molar-refractivity contribution in [2.75, 3.05) is 26.9 Å². The fourth-order valence-corrected chi connectivity index (χ4v) is 6.92. The molecular formula is C54H90O17. The highest BCUT2D eigenvalue weighted by Crippen LogP contribution is 2.36. The maximum Gasteiger partial charge on any atom is 0.313 e. The molecule has 0 bridgehead atoms. The molecule has 0 radical (unpaired) electrons. The Bertz CT molecular complexity index is 1800. The molecule has 0 saturated carbocycles. The average Bonchev–Trinajstić information content (AvgIpc) is 3.32. The van der Waals surface area contributed by atoms with Gasteiger partial charge >= 0.3 is 35.8 Å². The van der Waals surface area contributed by atoms with Crippen LogP contribution in [0.3, 0.4) is 0 Å². The van der Waals surface area contributed by atoms with Crippen molar-refractivity contribution >= 4 is 35.8 Å². The number of carbonyl (C=O) groups is 6. The third kappa shape index (κ3) is 20.7. The van der Waals surface area contributed by atoms with Crippen LogP contribution in [0.25, 0.3) is 0 Å². The zero-order chi connectivity index (χ0) is 54.6. The van der Waals surface area contributed by atoms with Crippen LogP contribution in [0.15, 0.2) is 30.3 Å². The third-order valence-corrected chi connectivity index (χ3v) is 14.1. The van der Waals surface area contributed by atoms with E-state index in [2.05, 4.69) is 48.9 Å². The number of aliphatic carboxylic acids is 1. The van der Waals surface area contributed by atoms with Crippen LogP contribution in [0.5, 0.6) is 0 Å². The van der Waals surface area contributed by atoms with Gasteiger partial charge in [-0.1, -0.05) is 92.6 Å². The molecule has 17 nitrogen and oxygen atoms in total. The summed E-state index contributed by atoms with van der Waals surface area (Å²) in [5, 5.41) is 8.44. The fraction of sp³-hybridized carbons (Fsp3) is 0.778. The van der Waals surface area contributed by atoms with Gasteiger partial charge in [-0.25, -0.2) is 0 Å². The number of esters is 5. The third-order valence-electron chi connectivity index (χ3n) is 14.1. The van der Waals surface area contributed by atoms with Crippen molar-refractivity contribution in [1.29, 1.82) is 0 Å². The smallest absolute Gasteiger partial charge is 0.313 e. The van der Waals surface area contributed by atoms with Crippen LogP contribution < -0.4 is 0 Å². The Kier molecular flexibility index (Phi) is 27.5. The van der Waals surface area contributed by atoms with Gasteiger partial charge in [0, 0.05) is 38.5 Å². The lowest BCUT2D eigenvalue weighted by Gasteiger charge is -2.46. The van der Waals surface area contributed by atoms with Gasteiger partial charge in [-0.15, -0.1) is 0 Å². The lowest BCUT2D eigenvalue weighted by atomic mass is 9.88. The van der Waals surface area contributed by atoms with Gasteiger partial charge in [0.05, 0.1) is 55.4 Å². The number of hydrogen-bond acceptors (Lipinski definition) is 16. The molecule has 0 amide bonds. The molecule has 4 rings (SSSR count). The second-order valence-electron chi connectivity index (χ2n) is 20.9. The minimum absolute atomic E-state index is 0.000441. The monoisotopic (exact) mass is 1010 g/mol. The molecule has 71 heavy (non-hydrogen) atoms. The zero-order valence-corrected chi connectivity index (χ0v) is 46.3. The minimum atomic E-state index is -1.12. The molecule has 1 N–H and O–H groups in total. The SMILES string of the molecule is CCC(C)(C)C(=O)O.CCC(C)(C)C(=O)OC.CCC(C)(C)C(=O)OC1OCC(OC2OCC(OC3OCC(C)C(C)C3OC(C)=O)C(C)C2OC(C)=O)C(C)C1OC(C)=O.CCC(C)c1ccccc1. The molecule has 3 heterocycles. The van der Waals surface area contributed by atoms with Crippen molar-refractivity contribution in [2.24, 2.45) is 39.9 Å². The summed E-state index contributed by atoms with van der Waals surface area (Å²) in [6, 6.07) is 10.6. The number of carbonyl (C=O) groups excluding carboxylic acids is 5. The van der Waals surface area contributed by atoms with E-state index in [-0.39, 0.29) is 36.4 Å². The molecule has 1 aromatic carbocycles. The van der Waals surface area contributed by atoms with Crippen molar-refractivity contribution in [2.45, 2.75) is 206 Å². The summed E-state index contributed by atoms with van der Waals surface area (Å²) in [5.74, 6) is -2.91. The van der Waals surface area contributed by atoms with Gasteiger partial charge in [-0.05, 0) is 84.6 Å². The summed E-state index contributed by atoms with van der Waals surface area (Å²) in [6.45, 7) is 32.9. The molecule has 0 spiro atoms. The Labute approximate surface area is 424 Å². The van der Waals surface area contributed by atoms with E-state index >= 15 is 0 Å². The maximum absolute atomic E-state index is 12.8. The van der Waals surface area contributed by atoms with Crippen molar-refractivity contribution in [1.82, 2.24) is 0 Å². The van der Waals surface area contributed by atoms with Gasteiger partial charge in [-0.2, -0.15) is 0 Å². The van der Waals surface area contributed by atoms with Crippen molar-refractivity contribution < 1.29 is 81.2 Å². The van der Waals surface area contributed by atoms with Gasteiger partial charge in [0.2, 0.25) is 6.29 Å². The lowest BCUT2D eigenvalue weighted by Crippen LogP contribution is -2.58. The lowest BCUT2D eigenvalue weighted by molar-refractivity contribution is -0.333. The molecule has 0 aliphatic carbocycles. The highest BCUT2D eigenvalue weighted by molar-refractivity contribution is 5.76. The molecule has 3 fully saturated rings. The molecule has 17 heteroatoms. The predicted octanol–water partition coefficient (Wildman–Crippen LogP) is 9.45. The van der Waals surface area contributed by atoms with E-state index in [0.717, 1.165) is 6.42 Å². The van der Waals surface area contributed by atoms with Crippen LogP contribution in [0, 0.1) is 39.9 Å². The summed E-state index contributed by atoms with van der Waals surface area (Å²) >= 11 is 0. The zero-order valence-electron chi connectivity index (χ0n) is 46.3. The van der Waals surface area contributed by atoms with Crippen LogP contribution in [-0.4, -0.2) is 117 Å². The summed E-state index contributed by atoms with van der Waals surface area (Å²) in [7, 11) is 1.42. The Morgan fingerprint density at radius 1 is 0.577 bits per heavy atom. The quantitative estimate of drug-likeness (QED) is 0.121. The molecule has 408 valence electrons. The number of benzene rings is 1. The van der Waals surface area contributed by atoms with Gasteiger partial charge in [0.25, 0.3) is 0 Å². The highest BCUT2D eigenvalue weighted by Gasteiger charge is 2.50. The van der Waals surface area contributed by atoms with Gasteiger partial charge in [0.15, 0.2) is 30.9 Å². The van der Waals surface area contributed by atoms with E-state index in [1.807, 2.05) is 55.4 Å². The van der Waals surface area contributed by atoms with Crippen molar-refractivity contribution in [3.63, 3.8) is 0 Å². The number of carboxylic acid groups (broad SMARTS) is 1. The molecule has 3 aliphatic rings. The van der Waals surface area contributed by atoms with Crippen LogP contribution in [0.2, 0.25) is 0 Å². The molecular weight excluding hydrogens is 921 g/mol. The summed E-state index contributed by atoms with van der Waals surface area (Å²) < 4.78 is 57.4. The molecule has 13 atom stereocenters. The standard InChI is InChI=1S/C31H50O13.C10H14.C7H14O2.C6H12O2/c1-11-31(9,10)30(35)44-29-26(41-21(8)34)18(5)23(14-38-29)43-28-25(40-20(7)33)17(4)22(13-37-28)42-27-24(39-19(6)32)16(3)15(2)12-36-27;1-3-9(2)10-7-5-4-6-8-10;1-5-7(2,3)6(8)9-4;1-4-6(2,3)5(7)8/h15-18,22-29H,11-14H2,1-10H3;4-9H,3H2,1-2H3;5H2,1-4H3;4H2,1-3H3,(H,7,8). The largest absolute Gasteiger partial charge is 0.481 e. The van der Waals surface area contributed by atoms with Crippen LogP contribution in [-0.2, 0) is 76.1 Å². The number of rotatable bonds is 16. The molecule has 0 aromatic heterocycles. The van der Waals surface area contributed by atoms with E-state index in [0.29, 0.717) is 25.4 Å². The van der Waals surface area contributed by atoms with E-state index in [1.165, 1.54) is 39.9 Å². The second-order valence-corrected chi connectivity index (χ2v) is 20.9. The number of methoxy groups -OCH3 is 1. The Morgan fingerprint density at radius 3 is 1.31 bits per heavy atom. The van der Waals surface area contributed by atoms with Crippen LogP contribution in [0.1, 0.15) is 162 Å².